The summed E-state index contributed by atoms with van der Waals surface area (Å²) in [5.74, 6) is 1.91. The standard InChI is InChI=1S/C15H25N3S/c1-5-10(2)19-9-15-17-11(3)14(12(4)18-15)8-16-13-6-7-13/h10,13,16H,5-9H2,1-4H3. The molecule has 3 nitrogen and oxygen atoms in total. The van der Waals surface area contributed by atoms with Crippen molar-refractivity contribution in [1.82, 2.24) is 15.3 Å². The maximum Gasteiger partial charge on any atom is 0.138 e. The van der Waals surface area contributed by atoms with Crippen LogP contribution in [0.15, 0.2) is 0 Å². The highest BCUT2D eigenvalue weighted by Crippen LogP contribution is 2.22. The van der Waals surface area contributed by atoms with Gasteiger partial charge in [0.05, 0.1) is 5.75 Å². The molecule has 0 amide bonds. The molecule has 1 N–H and O–H groups in total. The largest absolute Gasteiger partial charge is 0.310 e. The van der Waals surface area contributed by atoms with E-state index in [-0.39, 0.29) is 0 Å². The predicted octanol–water partition coefficient (Wildman–Crippen LogP) is 3.38. The van der Waals surface area contributed by atoms with Crippen LogP contribution in [-0.2, 0) is 12.3 Å². The van der Waals surface area contributed by atoms with E-state index >= 15 is 0 Å². The van der Waals surface area contributed by atoms with E-state index in [4.69, 9.17) is 0 Å². The minimum atomic E-state index is 0.681. The van der Waals surface area contributed by atoms with Gasteiger partial charge in [0.1, 0.15) is 5.82 Å². The average molecular weight is 279 g/mol. The van der Waals surface area contributed by atoms with E-state index < -0.39 is 0 Å². The van der Waals surface area contributed by atoms with Gasteiger partial charge in [0.2, 0.25) is 0 Å². The Morgan fingerprint density at radius 3 is 2.42 bits per heavy atom. The first-order valence-corrected chi connectivity index (χ1v) is 8.33. The van der Waals surface area contributed by atoms with E-state index in [9.17, 15) is 0 Å². The Kier molecular flexibility index (Phi) is 5.22. The van der Waals surface area contributed by atoms with Crippen molar-refractivity contribution in [2.45, 2.75) is 70.5 Å². The molecule has 0 spiro atoms. The Labute approximate surface area is 121 Å². The zero-order valence-corrected chi connectivity index (χ0v) is 13.3. The van der Waals surface area contributed by atoms with Crippen molar-refractivity contribution in [3.8, 4) is 0 Å². The third kappa shape index (κ3) is 4.46. The number of hydrogen-bond acceptors (Lipinski definition) is 4. The highest BCUT2D eigenvalue weighted by atomic mass is 32.2. The molecular formula is C15H25N3S. The van der Waals surface area contributed by atoms with Crippen LogP contribution in [0.2, 0.25) is 0 Å². The summed E-state index contributed by atoms with van der Waals surface area (Å²) >= 11 is 1.94. The van der Waals surface area contributed by atoms with Gasteiger partial charge in [-0.3, -0.25) is 0 Å². The molecule has 0 aromatic carbocycles. The fourth-order valence-corrected chi connectivity index (χ4v) is 2.80. The molecule has 19 heavy (non-hydrogen) atoms. The average Bonchev–Trinajstić information content (AvgIpc) is 3.19. The van der Waals surface area contributed by atoms with E-state index in [0.29, 0.717) is 5.25 Å². The molecule has 1 saturated carbocycles. The van der Waals surface area contributed by atoms with Crippen LogP contribution in [0.4, 0.5) is 0 Å². The molecule has 0 aliphatic heterocycles. The smallest absolute Gasteiger partial charge is 0.138 e. The van der Waals surface area contributed by atoms with Gasteiger partial charge in [-0.05, 0) is 33.1 Å². The van der Waals surface area contributed by atoms with Gasteiger partial charge in [0, 0.05) is 34.8 Å². The molecule has 1 heterocycles. The van der Waals surface area contributed by atoms with Crippen molar-refractivity contribution in [3.05, 3.63) is 22.8 Å². The van der Waals surface area contributed by atoms with Crippen molar-refractivity contribution >= 4 is 11.8 Å². The first-order chi connectivity index (χ1) is 9.10. The number of nitrogens with zero attached hydrogens (tertiary/aromatic N) is 2. The Bertz CT molecular complexity index is 406. The van der Waals surface area contributed by atoms with E-state index in [1.165, 1.54) is 24.8 Å². The van der Waals surface area contributed by atoms with Crippen LogP contribution in [0.25, 0.3) is 0 Å². The third-order valence-corrected chi connectivity index (χ3v) is 5.01. The molecule has 106 valence electrons. The summed E-state index contributed by atoms with van der Waals surface area (Å²) in [6, 6.07) is 0.736. The highest BCUT2D eigenvalue weighted by molar-refractivity contribution is 7.99. The van der Waals surface area contributed by atoms with E-state index in [0.717, 1.165) is 35.6 Å². The summed E-state index contributed by atoms with van der Waals surface area (Å²) in [6.45, 7) is 9.62. The van der Waals surface area contributed by atoms with E-state index in [1.807, 2.05) is 11.8 Å². The first-order valence-electron chi connectivity index (χ1n) is 7.28. The molecule has 1 fully saturated rings. The number of rotatable bonds is 7. The quantitative estimate of drug-likeness (QED) is 0.830. The molecule has 0 saturated heterocycles. The maximum absolute atomic E-state index is 4.67. The second kappa shape index (κ2) is 6.71. The van der Waals surface area contributed by atoms with Gasteiger partial charge < -0.3 is 5.32 Å². The summed E-state index contributed by atoms with van der Waals surface area (Å²) in [4.78, 5) is 9.33. The lowest BCUT2D eigenvalue weighted by atomic mass is 10.1. The van der Waals surface area contributed by atoms with Gasteiger partial charge in [-0.2, -0.15) is 11.8 Å². The topological polar surface area (TPSA) is 37.8 Å². The first kappa shape index (κ1) is 14.8. The predicted molar refractivity (Wildman–Crippen MR) is 82.4 cm³/mol. The number of nitrogens with one attached hydrogen (secondary N) is 1. The van der Waals surface area contributed by atoms with E-state index in [2.05, 4.69) is 43.0 Å². The Hall–Kier alpha value is -0.610. The lowest BCUT2D eigenvalue weighted by Gasteiger charge is -2.12. The Morgan fingerprint density at radius 1 is 1.26 bits per heavy atom. The molecule has 1 aromatic heterocycles. The van der Waals surface area contributed by atoms with Crippen molar-refractivity contribution < 1.29 is 0 Å². The lowest BCUT2D eigenvalue weighted by molar-refractivity contribution is 0.673. The molecular weight excluding hydrogens is 254 g/mol. The second-order valence-electron chi connectivity index (χ2n) is 5.47. The number of thioether (sulfide) groups is 1. The minimum absolute atomic E-state index is 0.681. The van der Waals surface area contributed by atoms with Crippen molar-refractivity contribution in [1.29, 1.82) is 0 Å². The van der Waals surface area contributed by atoms with Crippen LogP contribution in [0.5, 0.6) is 0 Å². The fourth-order valence-electron chi connectivity index (χ4n) is 2.00. The SMILES string of the molecule is CCC(C)SCc1nc(C)c(CNC2CC2)c(C)n1. The highest BCUT2D eigenvalue weighted by Gasteiger charge is 2.21. The van der Waals surface area contributed by atoms with Gasteiger partial charge in [0.25, 0.3) is 0 Å². The van der Waals surface area contributed by atoms with Gasteiger partial charge in [-0.15, -0.1) is 0 Å². The summed E-state index contributed by atoms with van der Waals surface area (Å²) < 4.78 is 0. The maximum atomic E-state index is 4.67. The molecule has 1 unspecified atom stereocenters. The molecule has 1 atom stereocenters. The zero-order chi connectivity index (χ0) is 13.8. The summed E-state index contributed by atoms with van der Waals surface area (Å²) in [6.07, 6.45) is 3.84. The molecule has 0 bridgehead atoms. The summed E-state index contributed by atoms with van der Waals surface area (Å²) in [5, 5.41) is 4.23. The number of hydrogen-bond donors (Lipinski definition) is 1. The summed E-state index contributed by atoms with van der Waals surface area (Å²) in [5.41, 5.74) is 3.56. The van der Waals surface area contributed by atoms with Crippen LogP contribution >= 0.6 is 11.8 Å². The van der Waals surface area contributed by atoms with Gasteiger partial charge in [-0.25, -0.2) is 9.97 Å². The summed E-state index contributed by atoms with van der Waals surface area (Å²) in [7, 11) is 0. The van der Waals surface area contributed by atoms with Crippen LogP contribution in [-0.4, -0.2) is 21.3 Å². The number of aryl methyl sites for hydroxylation is 2. The van der Waals surface area contributed by atoms with Crippen LogP contribution in [0.3, 0.4) is 0 Å². The molecule has 0 radical (unpaired) electrons. The molecule has 1 aromatic rings. The molecule has 1 aliphatic rings. The second-order valence-corrected chi connectivity index (χ2v) is 6.90. The van der Waals surface area contributed by atoms with Crippen LogP contribution in [0, 0.1) is 13.8 Å². The van der Waals surface area contributed by atoms with Gasteiger partial charge in [0.15, 0.2) is 0 Å². The minimum Gasteiger partial charge on any atom is -0.310 e. The fraction of sp³-hybridized carbons (Fsp3) is 0.733. The normalized spacial score (nSPS) is 16.6. The Balaban J connectivity index is 1.98. The van der Waals surface area contributed by atoms with Gasteiger partial charge in [-0.1, -0.05) is 13.8 Å². The third-order valence-electron chi connectivity index (χ3n) is 3.68. The van der Waals surface area contributed by atoms with Crippen molar-refractivity contribution in [3.63, 3.8) is 0 Å². The zero-order valence-electron chi connectivity index (χ0n) is 12.5. The lowest BCUT2D eigenvalue weighted by Crippen LogP contribution is -2.18. The molecule has 2 rings (SSSR count). The monoisotopic (exact) mass is 279 g/mol. The number of aromatic nitrogens is 2. The molecule has 4 heteroatoms. The van der Waals surface area contributed by atoms with E-state index in [1.54, 1.807) is 0 Å². The van der Waals surface area contributed by atoms with Crippen LogP contribution in [0.1, 0.15) is 55.9 Å². The van der Waals surface area contributed by atoms with Crippen LogP contribution < -0.4 is 5.32 Å². The van der Waals surface area contributed by atoms with Crippen molar-refractivity contribution in [2.24, 2.45) is 0 Å². The van der Waals surface area contributed by atoms with Gasteiger partial charge >= 0.3 is 0 Å². The van der Waals surface area contributed by atoms with Crippen molar-refractivity contribution in [2.75, 3.05) is 0 Å². The molecule has 1 aliphatic carbocycles. The Morgan fingerprint density at radius 2 is 1.89 bits per heavy atom.